The van der Waals surface area contributed by atoms with Crippen molar-refractivity contribution in [3.63, 3.8) is 0 Å². The molecule has 0 bridgehead atoms. The number of rotatable bonds is 5. The molecular formula is C24H26FN3O4. The number of hydrogen-bond acceptors (Lipinski definition) is 5. The van der Waals surface area contributed by atoms with Gasteiger partial charge in [-0.3, -0.25) is 14.2 Å². The summed E-state index contributed by atoms with van der Waals surface area (Å²) < 4.78 is 25.7. The van der Waals surface area contributed by atoms with E-state index < -0.39 is 5.82 Å². The number of aromatic nitrogens is 2. The number of piperidine rings is 1. The van der Waals surface area contributed by atoms with Gasteiger partial charge in [0.2, 0.25) is 0 Å². The van der Waals surface area contributed by atoms with Crippen LogP contribution in [-0.4, -0.2) is 47.7 Å². The summed E-state index contributed by atoms with van der Waals surface area (Å²) in [7, 11) is 3.10. The molecule has 1 amide bonds. The van der Waals surface area contributed by atoms with E-state index in [1.807, 2.05) is 4.90 Å². The lowest BCUT2D eigenvalue weighted by molar-refractivity contribution is 0.0681. The van der Waals surface area contributed by atoms with E-state index >= 15 is 0 Å². The minimum Gasteiger partial charge on any atom is -0.493 e. The minimum absolute atomic E-state index is 0.0489. The second kappa shape index (κ2) is 8.98. The molecule has 2 heterocycles. The number of fused-ring (bicyclic) bond motifs is 1. The molecule has 7 nitrogen and oxygen atoms in total. The molecule has 0 aliphatic carbocycles. The number of amides is 1. The molecule has 168 valence electrons. The number of carbonyl (C=O) groups excluding carboxylic acids is 1. The maximum atomic E-state index is 13.5. The van der Waals surface area contributed by atoms with Crippen LogP contribution in [-0.2, 0) is 6.54 Å². The summed E-state index contributed by atoms with van der Waals surface area (Å²) in [5.74, 6) is 1.46. The lowest BCUT2D eigenvalue weighted by Crippen LogP contribution is -2.40. The zero-order valence-electron chi connectivity index (χ0n) is 18.4. The molecule has 2 aromatic carbocycles. The average Bonchev–Trinajstić information content (AvgIpc) is 2.81. The van der Waals surface area contributed by atoms with Gasteiger partial charge in [0.25, 0.3) is 11.5 Å². The van der Waals surface area contributed by atoms with Crippen molar-refractivity contribution in [3.05, 3.63) is 64.0 Å². The van der Waals surface area contributed by atoms with Gasteiger partial charge in [0.15, 0.2) is 11.5 Å². The van der Waals surface area contributed by atoms with Crippen molar-refractivity contribution in [3.8, 4) is 11.5 Å². The highest BCUT2D eigenvalue weighted by Gasteiger charge is 2.25. The molecule has 0 radical (unpaired) electrons. The summed E-state index contributed by atoms with van der Waals surface area (Å²) in [6.07, 6.45) is 1.57. The van der Waals surface area contributed by atoms with E-state index in [0.29, 0.717) is 53.4 Å². The van der Waals surface area contributed by atoms with Gasteiger partial charge in [-0.25, -0.2) is 9.37 Å². The summed E-state index contributed by atoms with van der Waals surface area (Å²) in [6, 6.07) is 9.21. The number of nitrogens with zero attached hydrogens (tertiary/aromatic N) is 3. The number of halogens is 1. The third-order valence-electron chi connectivity index (χ3n) is 6.08. The Morgan fingerprint density at radius 2 is 1.81 bits per heavy atom. The van der Waals surface area contributed by atoms with Gasteiger partial charge in [-0.05, 0) is 56.0 Å². The SMILES string of the molecule is COc1ccc(C(=O)N2CCC(Cn3c(C)nc4cc(F)ccc4c3=O)CC2)cc1OC. The van der Waals surface area contributed by atoms with Gasteiger partial charge in [0.05, 0.1) is 25.1 Å². The summed E-state index contributed by atoms with van der Waals surface area (Å²) >= 11 is 0. The molecule has 32 heavy (non-hydrogen) atoms. The highest BCUT2D eigenvalue weighted by Crippen LogP contribution is 2.29. The first-order valence-electron chi connectivity index (χ1n) is 10.6. The van der Waals surface area contributed by atoms with E-state index in [4.69, 9.17) is 9.47 Å². The predicted molar refractivity (Wildman–Crippen MR) is 119 cm³/mol. The molecule has 1 aliphatic heterocycles. The first-order valence-corrected chi connectivity index (χ1v) is 10.6. The molecule has 1 aliphatic rings. The van der Waals surface area contributed by atoms with Gasteiger partial charge in [-0.2, -0.15) is 0 Å². The van der Waals surface area contributed by atoms with E-state index in [2.05, 4.69) is 4.98 Å². The Morgan fingerprint density at radius 3 is 2.50 bits per heavy atom. The molecule has 1 fully saturated rings. The second-order valence-electron chi connectivity index (χ2n) is 8.04. The molecule has 0 atom stereocenters. The van der Waals surface area contributed by atoms with Gasteiger partial charge in [0, 0.05) is 31.3 Å². The van der Waals surface area contributed by atoms with Crippen molar-refractivity contribution in [2.24, 2.45) is 5.92 Å². The molecule has 0 spiro atoms. The molecule has 1 aromatic heterocycles. The van der Waals surface area contributed by atoms with Crippen LogP contribution in [0, 0.1) is 18.7 Å². The topological polar surface area (TPSA) is 73.7 Å². The number of methoxy groups -OCH3 is 2. The lowest BCUT2D eigenvalue weighted by atomic mass is 9.96. The highest BCUT2D eigenvalue weighted by atomic mass is 19.1. The van der Waals surface area contributed by atoms with Gasteiger partial charge in [0.1, 0.15) is 11.6 Å². The van der Waals surface area contributed by atoms with Gasteiger partial charge < -0.3 is 14.4 Å². The molecule has 1 saturated heterocycles. The highest BCUT2D eigenvalue weighted by molar-refractivity contribution is 5.95. The largest absolute Gasteiger partial charge is 0.493 e. The van der Waals surface area contributed by atoms with Crippen LogP contribution in [0.4, 0.5) is 4.39 Å². The van der Waals surface area contributed by atoms with Gasteiger partial charge >= 0.3 is 0 Å². The fourth-order valence-corrected chi connectivity index (χ4v) is 4.25. The Balaban J connectivity index is 1.45. The zero-order chi connectivity index (χ0) is 22.8. The third-order valence-corrected chi connectivity index (χ3v) is 6.08. The van der Waals surface area contributed by atoms with Crippen LogP contribution in [0.3, 0.4) is 0 Å². The number of likely N-dealkylation sites (tertiary alicyclic amines) is 1. The number of hydrogen-bond donors (Lipinski definition) is 0. The van der Waals surface area contributed by atoms with E-state index in [1.54, 1.807) is 43.9 Å². The first kappa shape index (κ1) is 21.8. The molecule has 3 aromatic rings. The molecular weight excluding hydrogens is 413 g/mol. The Labute approximate surface area is 185 Å². The van der Waals surface area contributed by atoms with Crippen LogP contribution in [0.5, 0.6) is 11.5 Å². The quantitative estimate of drug-likeness (QED) is 0.609. The van der Waals surface area contributed by atoms with E-state index in [-0.39, 0.29) is 17.4 Å². The van der Waals surface area contributed by atoms with Crippen molar-refractivity contribution in [2.45, 2.75) is 26.3 Å². The summed E-state index contributed by atoms with van der Waals surface area (Å²) in [4.78, 5) is 32.1. The number of carbonyl (C=O) groups is 1. The van der Waals surface area contributed by atoms with Crippen LogP contribution in [0.15, 0.2) is 41.2 Å². The first-order chi connectivity index (χ1) is 15.4. The van der Waals surface area contributed by atoms with E-state index in [0.717, 1.165) is 12.8 Å². The van der Waals surface area contributed by atoms with Crippen LogP contribution < -0.4 is 15.0 Å². The zero-order valence-corrected chi connectivity index (χ0v) is 18.4. The van der Waals surface area contributed by atoms with Crippen LogP contribution in [0.2, 0.25) is 0 Å². The Kier molecular flexibility index (Phi) is 6.12. The second-order valence-corrected chi connectivity index (χ2v) is 8.04. The summed E-state index contributed by atoms with van der Waals surface area (Å²) in [5, 5.41) is 0.415. The lowest BCUT2D eigenvalue weighted by Gasteiger charge is -2.32. The molecule has 0 unspecified atom stereocenters. The number of aryl methyl sites for hydroxylation is 1. The van der Waals surface area contributed by atoms with Gasteiger partial charge in [-0.1, -0.05) is 0 Å². The fraction of sp³-hybridized carbons (Fsp3) is 0.375. The third kappa shape index (κ3) is 4.17. The van der Waals surface area contributed by atoms with E-state index in [1.165, 1.54) is 18.2 Å². The van der Waals surface area contributed by atoms with Crippen LogP contribution in [0.1, 0.15) is 29.0 Å². The Bertz CT molecular complexity index is 1220. The van der Waals surface area contributed by atoms with Crippen molar-refractivity contribution in [1.82, 2.24) is 14.5 Å². The standard InChI is InChI=1S/C24H26FN3O4/c1-15-26-20-13-18(25)5-6-19(20)24(30)28(15)14-16-8-10-27(11-9-16)23(29)17-4-7-21(31-2)22(12-17)32-3/h4-7,12-13,16H,8-11,14H2,1-3H3. The normalized spacial score (nSPS) is 14.6. The molecule has 0 N–H and O–H groups in total. The summed E-state index contributed by atoms with van der Waals surface area (Å²) in [6.45, 7) is 3.51. The summed E-state index contributed by atoms with van der Waals surface area (Å²) in [5.41, 5.74) is 0.773. The van der Waals surface area contributed by atoms with Gasteiger partial charge in [-0.15, -0.1) is 0 Å². The van der Waals surface area contributed by atoms with Crippen molar-refractivity contribution in [1.29, 1.82) is 0 Å². The van der Waals surface area contributed by atoms with E-state index in [9.17, 15) is 14.0 Å². The maximum absolute atomic E-state index is 13.5. The van der Waals surface area contributed by atoms with Crippen LogP contribution in [0.25, 0.3) is 10.9 Å². The van der Waals surface area contributed by atoms with Crippen molar-refractivity contribution >= 4 is 16.8 Å². The van der Waals surface area contributed by atoms with Crippen molar-refractivity contribution in [2.75, 3.05) is 27.3 Å². The Hall–Kier alpha value is -3.42. The fourth-order valence-electron chi connectivity index (χ4n) is 4.25. The molecule has 8 heteroatoms. The number of ether oxygens (including phenoxy) is 2. The molecule has 0 saturated carbocycles. The average molecular weight is 439 g/mol. The minimum atomic E-state index is -0.409. The molecule has 4 rings (SSSR count). The smallest absolute Gasteiger partial charge is 0.261 e. The van der Waals surface area contributed by atoms with Crippen molar-refractivity contribution < 1.29 is 18.7 Å². The monoisotopic (exact) mass is 439 g/mol. The Morgan fingerprint density at radius 1 is 1.09 bits per heavy atom. The maximum Gasteiger partial charge on any atom is 0.261 e. The number of benzene rings is 2. The predicted octanol–water partition coefficient (Wildman–Crippen LogP) is 3.41. The van der Waals surface area contributed by atoms with Crippen LogP contribution >= 0.6 is 0 Å².